The standard InChI is InChI=1S/C18H18O4/c1-12(2)22-16-8-3-5-13(9-16)10-17(18(20)21)14-6-4-7-15(19)11-14/h3-12,19H,1-2H3,(H,20,21)/b17-10-. The number of carboxylic acid groups (broad SMARTS) is 1. The number of aromatic hydroxyl groups is 1. The van der Waals surface area contributed by atoms with Crippen LogP contribution in [0, 0.1) is 0 Å². The van der Waals surface area contributed by atoms with E-state index >= 15 is 0 Å². The molecule has 2 rings (SSSR count). The third-order valence-corrected chi connectivity index (χ3v) is 2.93. The molecule has 0 amide bonds. The van der Waals surface area contributed by atoms with Crippen LogP contribution in [0.4, 0.5) is 0 Å². The van der Waals surface area contributed by atoms with Gasteiger partial charge in [0.25, 0.3) is 0 Å². The van der Waals surface area contributed by atoms with E-state index in [0.717, 1.165) is 5.56 Å². The Kier molecular flexibility index (Phi) is 4.84. The molecule has 0 aliphatic carbocycles. The Bertz CT molecular complexity index is 702. The number of phenolic OH excluding ortho intramolecular Hbond substituents is 1. The Morgan fingerprint density at radius 2 is 1.86 bits per heavy atom. The molecule has 4 heteroatoms. The molecule has 0 aromatic heterocycles. The van der Waals surface area contributed by atoms with Gasteiger partial charge in [0.15, 0.2) is 0 Å². The highest BCUT2D eigenvalue weighted by Gasteiger charge is 2.11. The number of benzene rings is 2. The Morgan fingerprint density at radius 1 is 1.14 bits per heavy atom. The van der Waals surface area contributed by atoms with E-state index in [1.54, 1.807) is 30.3 Å². The second kappa shape index (κ2) is 6.80. The van der Waals surface area contributed by atoms with E-state index in [2.05, 4.69) is 0 Å². The van der Waals surface area contributed by atoms with Crippen molar-refractivity contribution in [3.8, 4) is 11.5 Å². The Morgan fingerprint density at radius 3 is 2.50 bits per heavy atom. The predicted octanol–water partition coefficient (Wildman–Crippen LogP) is 3.80. The number of aliphatic carboxylic acids is 1. The molecule has 0 radical (unpaired) electrons. The second-order valence-corrected chi connectivity index (χ2v) is 5.15. The first kappa shape index (κ1) is 15.6. The highest BCUT2D eigenvalue weighted by molar-refractivity contribution is 6.20. The van der Waals surface area contributed by atoms with Gasteiger partial charge in [-0.25, -0.2) is 4.79 Å². The monoisotopic (exact) mass is 298 g/mol. The third-order valence-electron chi connectivity index (χ3n) is 2.93. The molecule has 2 N–H and O–H groups in total. The van der Waals surface area contributed by atoms with Gasteiger partial charge in [-0.1, -0.05) is 24.3 Å². The van der Waals surface area contributed by atoms with Crippen LogP contribution in [-0.4, -0.2) is 22.3 Å². The SMILES string of the molecule is CC(C)Oc1cccc(/C=C(\C(=O)O)c2cccc(O)c2)c1. The molecule has 0 fully saturated rings. The van der Waals surface area contributed by atoms with E-state index in [1.165, 1.54) is 12.1 Å². The van der Waals surface area contributed by atoms with E-state index in [9.17, 15) is 15.0 Å². The second-order valence-electron chi connectivity index (χ2n) is 5.15. The number of rotatable bonds is 5. The average molecular weight is 298 g/mol. The van der Waals surface area contributed by atoms with E-state index < -0.39 is 5.97 Å². The van der Waals surface area contributed by atoms with Crippen LogP contribution in [0.2, 0.25) is 0 Å². The van der Waals surface area contributed by atoms with Gasteiger partial charge in [-0.2, -0.15) is 0 Å². The summed E-state index contributed by atoms with van der Waals surface area (Å²) in [5.41, 5.74) is 1.28. The lowest BCUT2D eigenvalue weighted by molar-refractivity contribution is -0.130. The highest BCUT2D eigenvalue weighted by atomic mass is 16.5. The maximum atomic E-state index is 11.5. The predicted molar refractivity (Wildman–Crippen MR) is 85.8 cm³/mol. The van der Waals surface area contributed by atoms with Crippen molar-refractivity contribution in [3.63, 3.8) is 0 Å². The summed E-state index contributed by atoms with van der Waals surface area (Å²) < 4.78 is 5.61. The smallest absolute Gasteiger partial charge is 0.336 e. The van der Waals surface area contributed by atoms with Crippen molar-refractivity contribution < 1.29 is 19.7 Å². The topological polar surface area (TPSA) is 66.8 Å². The van der Waals surface area contributed by atoms with Gasteiger partial charge in [-0.3, -0.25) is 0 Å². The lowest BCUT2D eigenvalue weighted by atomic mass is 10.0. The fourth-order valence-corrected chi connectivity index (χ4v) is 2.06. The van der Waals surface area contributed by atoms with Crippen LogP contribution in [-0.2, 0) is 4.79 Å². The van der Waals surface area contributed by atoms with Gasteiger partial charge in [0.1, 0.15) is 11.5 Å². The molecule has 22 heavy (non-hydrogen) atoms. The number of hydrogen-bond acceptors (Lipinski definition) is 3. The van der Waals surface area contributed by atoms with E-state index in [-0.39, 0.29) is 17.4 Å². The van der Waals surface area contributed by atoms with E-state index in [4.69, 9.17) is 4.74 Å². The zero-order valence-electron chi connectivity index (χ0n) is 12.5. The number of carbonyl (C=O) groups is 1. The fraction of sp³-hybridized carbons (Fsp3) is 0.167. The molecular formula is C18H18O4. The molecule has 0 atom stereocenters. The summed E-state index contributed by atoms with van der Waals surface area (Å²) >= 11 is 0. The Labute approximate surface area is 129 Å². The average Bonchev–Trinajstić information content (AvgIpc) is 2.44. The molecule has 0 heterocycles. The number of hydrogen-bond donors (Lipinski definition) is 2. The molecule has 0 saturated heterocycles. The fourth-order valence-electron chi connectivity index (χ4n) is 2.06. The van der Waals surface area contributed by atoms with Crippen LogP contribution in [0.25, 0.3) is 11.6 Å². The third kappa shape index (κ3) is 4.12. The van der Waals surface area contributed by atoms with Crippen molar-refractivity contribution in [3.05, 3.63) is 59.7 Å². The first-order valence-corrected chi connectivity index (χ1v) is 6.97. The van der Waals surface area contributed by atoms with Crippen LogP contribution < -0.4 is 4.74 Å². The first-order valence-electron chi connectivity index (χ1n) is 6.97. The summed E-state index contributed by atoms with van der Waals surface area (Å²) in [5, 5.41) is 18.9. The van der Waals surface area contributed by atoms with Gasteiger partial charge in [-0.05, 0) is 55.3 Å². The minimum absolute atomic E-state index is 0.0292. The summed E-state index contributed by atoms with van der Waals surface area (Å²) in [5.74, 6) is -0.341. The summed E-state index contributed by atoms with van der Waals surface area (Å²) in [6.07, 6.45) is 1.61. The van der Waals surface area contributed by atoms with E-state index in [0.29, 0.717) is 11.3 Å². The van der Waals surface area contributed by atoms with Crippen molar-refractivity contribution in [2.45, 2.75) is 20.0 Å². The first-order chi connectivity index (χ1) is 10.5. The van der Waals surface area contributed by atoms with Gasteiger partial charge in [0.2, 0.25) is 0 Å². The van der Waals surface area contributed by atoms with Crippen molar-refractivity contribution in [1.82, 2.24) is 0 Å². The summed E-state index contributed by atoms with van der Waals surface area (Å²) in [6, 6.07) is 13.4. The zero-order valence-corrected chi connectivity index (χ0v) is 12.5. The quantitative estimate of drug-likeness (QED) is 0.651. The normalized spacial score (nSPS) is 11.5. The van der Waals surface area contributed by atoms with Crippen molar-refractivity contribution in [2.24, 2.45) is 0 Å². The summed E-state index contributed by atoms with van der Waals surface area (Å²) in [6.45, 7) is 3.86. The van der Waals surface area contributed by atoms with Gasteiger partial charge in [0.05, 0.1) is 11.7 Å². The molecule has 0 unspecified atom stereocenters. The van der Waals surface area contributed by atoms with Gasteiger partial charge >= 0.3 is 5.97 Å². The molecule has 0 saturated carbocycles. The van der Waals surface area contributed by atoms with E-state index in [1.807, 2.05) is 26.0 Å². The van der Waals surface area contributed by atoms with Crippen LogP contribution >= 0.6 is 0 Å². The highest BCUT2D eigenvalue weighted by Crippen LogP contribution is 2.24. The molecule has 0 aliphatic heterocycles. The number of phenols is 1. The largest absolute Gasteiger partial charge is 0.508 e. The molecule has 0 bridgehead atoms. The Balaban J connectivity index is 2.40. The van der Waals surface area contributed by atoms with Crippen molar-refractivity contribution >= 4 is 17.6 Å². The van der Waals surface area contributed by atoms with Gasteiger partial charge < -0.3 is 14.9 Å². The van der Waals surface area contributed by atoms with Crippen LogP contribution in [0.1, 0.15) is 25.0 Å². The van der Waals surface area contributed by atoms with Gasteiger partial charge in [0, 0.05) is 0 Å². The lowest BCUT2D eigenvalue weighted by Crippen LogP contribution is -2.05. The summed E-state index contributed by atoms with van der Waals surface area (Å²) in [7, 11) is 0. The van der Waals surface area contributed by atoms with Gasteiger partial charge in [-0.15, -0.1) is 0 Å². The number of carboxylic acids is 1. The molecule has 0 spiro atoms. The lowest BCUT2D eigenvalue weighted by Gasteiger charge is -2.10. The minimum Gasteiger partial charge on any atom is -0.508 e. The molecule has 4 nitrogen and oxygen atoms in total. The molecular weight excluding hydrogens is 280 g/mol. The van der Waals surface area contributed by atoms with Crippen LogP contribution in [0.15, 0.2) is 48.5 Å². The van der Waals surface area contributed by atoms with Crippen LogP contribution in [0.3, 0.4) is 0 Å². The van der Waals surface area contributed by atoms with Crippen molar-refractivity contribution in [1.29, 1.82) is 0 Å². The Hall–Kier alpha value is -2.75. The summed E-state index contributed by atoms with van der Waals surface area (Å²) in [4.78, 5) is 11.5. The minimum atomic E-state index is -1.05. The molecule has 114 valence electrons. The van der Waals surface area contributed by atoms with Crippen molar-refractivity contribution in [2.75, 3.05) is 0 Å². The van der Waals surface area contributed by atoms with Crippen LogP contribution in [0.5, 0.6) is 11.5 Å². The maximum absolute atomic E-state index is 11.5. The zero-order chi connectivity index (χ0) is 16.1. The maximum Gasteiger partial charge on any atom is 0.336 e. The number of ether oxygens (including phenoxy) is 1. The molecule has 2 aromatic rings. The molecule has 0 aliphatic rings. The molecule has 2 aromatic carbocycles.